The van der Waals surface area contributed by atoms with Crippen molar-refractivity contribution in [2.45, 2.75) is 49.1 Å². The quantitative estimate of drug-likeness (QED) is 0.203. The lowest BCUT2D eigenvalue weighted by Crippen LogP contribution is -2.53. The number of hydrogen-bond donors (Lipinski definition) is 7. The molecule has 170 valence electrons. The van der Waals surface area contributed by atoms with Crippen LogP contribution in [0, 0.1) is 0 Å². The van der Waals surface area contributed by atoms with Crippen LogP contribution in [0.15, 0.2) is 17.1 Å². The van der Waals surface area contributed by atoms with Crippen molar-refractivity contribution in [3.63, 3.8) is 0 Å². The van der Waals surface area contributed by atoms with Crippen LogP contribution < -0.4 is 11.4 Å². The summed E-state index contributed by atoms with van der Waals surface area (Å²) >= 11 is 0. The highest BCUT2D eigenvalue weighted by atomic mass is 31.2. The molecule has 2 aliphatic rings. The van der Waals surface area contributed by atoms with Crippen LogP contribution in [0.1, 0.15) is 6.23 Å². The maximum absolute atomic E-state index is 12.1. The van der Waals surface area contributed by atoms with Crippen molar-refractivity contribution in [2.24, 2.45) is 0 Å². The maximum atomic E-state index is 12.1. The first kappa shape index (κ1) is 23.2. The summed E-state index contributed by atoms with van der Waals surface area (Å²) in [6, 6.07) is 1.27. The molecule has 0 aromatic carbocycles. The minimum absolute atomic E-state index is 0.0627. The summed E-state index contributed by atoms with van der Waals surface area (Å²) in [5, 5.41) is 48.9. The Labute approximate surface area is 168 Å². The van der Waals surface area contributed by atoms with Gasteiger partial charge in [-0.2, -0.15) is 4.98 Å². The van der Waals surface area contributed by atoms with Crippen molar-refractivity contribution in [3.05, 3.63) is 22.7 Å². The third-order valence-corrected chi connectivity index (χ3v) is 5.51. The predicted octanol–water partition coefficient (Wildman–Crippen LogP) is -3.98. The Morgan fingerprint density at radius 1 is 1.20 bits per heavy atom. The number of hydrogen-bond acceptors (Lipinski definition) is 13. The highest BCUT2D eigenvalue weighted by Crippen LogP contribution is 2.47. The largest absolute Gasteiger partial charge is 0.474 e. The normalized spacial score (nSPS) is 39.0. The Morgan fingerprint density at radius 2 is 1.90 bits per heavy atom. The van der Waals surface area contributed by atoms with Crippen LogP contribution in [0.5, 0.6) is 0 Å². The smallest absolute Gasteiger partial charge is 0.388 e. The Bertz CT molecular complexity index is 854. The fourth-order valence-corrected chi connectivity index (χ4v) is 3.76. The molecule has 1 aromatic heterocycles. The number of aliphatic hydroxyl groups excluding tert-OH is 5. The van der Waals surface area contributed by atoms with E-state index in [1.54, 1.807) is 0 Å². The first-order chi connectivity index (χ1) is 14.0. The average molecular weight is 455 g/mol. The topological polar surface area (TPSA) is 236 Å². The molecule has 30 heavy (non-hydrogen) atoms. The SMILES string of the molecule is Nc1ccn([C@@H]2O[C@H](COP(=O)(O)O[C@H]3OC[C@@H](O)[C@H](O)[C@H]3O)[C@@H](O)[C@H]2O)c(=O)n1. The summed E-state index contributed by atoms with van der Waals surface area (Å²) in [6.45, 7) is -1.22. The third kappa shape index (κ3) is 4.87. The molecule has 0 bridgehead atoms. The number of nitrogens with two attached hydrogens (primary N) is 1. The zero-order valence-corrected chi connectivity index (χ0v) is 16.1. The average Bonchev–Trinajstić information content (AvgIpc) is 2.95. The Kier molecular flexibility index (Phi) is 6.91. The van der Waals surface area contributed by atoms with Gasteiger partial charge in [0.25, 0.3) is 0 Å². The molecule has 1 unspecified atom stereocenters. The number of aromatic nitrogens is 2. The van der Waals surface area contributed by atoms with Gasteiger partial charge in [-0.3, -0.25) is 13.6 Å². The Hall–Kier alpha value is -1.49. The van der Waals surface area contributed by atoms with Crippen molar-refractivity contribution in [1.29, 1.82) is 0 Å². The first-order valence-electron chi connectivity index (χ1n) is 8.68. The molecule has 2 fully saturated rings. The zero-order chi connectivity index (χ0) is 22.2. The fourth-order valence-electron chi connectivity index (χ4n) is 2.92. The molecule has 0 spiro atoms. The van der Waals surface area contributed by atoms with Crippen LogP contribution in [0.2, 0.25) is 0 Å². The van der Waals surface area contributed by atoms with Crippen molar-refractivity contribution in [1.82, 2.24) is 9.55 Å². The molecule has 8 N–H and O–H groups in total. The van der Waals surface area contributed by atoms with Crippen molar-refractivity contribution in [3.8, 4) is 0 Å². The van der Waals surface area contributed by atoms with Gasteiger partial charge in [-0.05, 0) is 6.07 Å². The number of nitrogen functional groups attached to an aromatic ring is 1. The molecule has 0 amide bonds. The van der Waals surface area contributed by atoms with Crippen molar-refractivity contribution in [2.75, 3.05) is 18.9 Å². The molecular weight excluding hydrogens is 433 g/mol. The Balaban J connectivity index is 1.61. The lowest BCUT2D eigenvalue weighted by Gasteiger charge is -2.35. The van der Waals surface area contributed by atoms with Crippen LogP contribution in [-0.2, 0) is 23.1 Å². The number of nitrogens with zero attached hydrogens (tertiary/aromatic N) is 2. The van der Waals surface area contributed by atoms with Gasteiger partial charge >= 0.3 is 13.5 Å². The molecule has 2 saturated heterocycles. The lowest BCUT2D eigenvalue weighted by atomic mass is 10.1. The molecule has 1 aromatic rings. The molecule has 2 aliphatic heterocycles. The summed E-state index contributed by atoms with van der Waals surface area (Å²) in [5.74, 6) is -0.0627. The summed E-state index contributed by atoms with van der Waals surface area (Å²) in [7, 11) is -4.90. The molecule has 0 radical (unpaired) electrons. The standard InChI is InChI=1S/C14H22N3O12P/c15-7-1-2-17(14(23)16-7)12-10(21)9(20)6(28-12)4-27-30(24,25)29-13-11(22)8(19)5(18)3-26-13/h1-2,5-6,8-13,18-22H,3-4H2,(H,24,25)(H2,15,16,23)/t5-,6-,8+,9-,10-,11-,12-,13-/m1/s1. The molecule has 0 saturated carbocycles. The van der Waals surface area contributed by atoms with E-state index < -0.39 is 75.9 Å². The van der Waals surface area contributed by atoms with E-state index in [0.29, 0.717) is 0 Å². The van der Waals surface area contributed by atoms with Gasteiger partial charge in [-0.15, -0.1) is 0 Å². The van der Waals surface area contributed by atoms with Gasteiger partial charge in [0.1, 0.15) is 42.4 Å². The number of aliphatic hydroxyl groups is 5. The second kappa shape index (κ2) is 8.94. The first-order valence-corrected chi connectivity index (χ1v) is 10.2. The monoisotopic (exact) mass is 455 g/mol. The van der Waals surface area contributed by atoms with Crippen LogP contribution >= 0.6 is 7.82 Å². The predicted molar refractivity (Wildman–Crippen MR) is 93.5 cm³/mol. The number of phosphoric acid groups is 1. The van der Waals surface area contributed by atoms with Gasteiger partial charge in [0, 0.05) is 6.20 Å². The van der Waals surface area contributed by atoms with Crippen LogP contribution in [0.4, 0.5) is 5.82 Å². The van der Waals surface area contributed by atoms with Gasteiger partial charge in [0.15, 0.2) is 12.5 Å². The summed E-state index contributed by atoms with van der Waals surface area (Å²) < 4.78 is 32.5. The van der Waals surface area contributed by atoms with Crippen LogP contribution in [0.25, 0.3) is 0 Å². The molecule has 3 rings (SSSR count). The molecular formula is C14H22N3O12P. The van der Waals surface area contributed by atoms with E-state index in [4.69, 9.17) is 19.7 Å². The minimum atomic E-state index is -4.90. The lowest BCUT2D eigenvalue weighted by molar-refractivity contribution is -0.246. The number of anilines is 1. The van der Waals surface area contributed by atoms with Gasteiger partial charge in [-0.25, -0.2) is 9.36 Å². The molecule has 16 heteroatoms. The van der Waals surface area contributed by atoms with Crippen LogP contribution in [-0.4, -0.2) is 96.1 Å². The summed E-state index contributed by atoms with van der Waals surface area (Å²) in [4.78, 5) is 25.2. The van der Waals surface area contributed by atoms with E-state index in [1.807, 2.05) is 0 Å². The summed E-state index contributed by atoms with van der Waals surface area (Å²) in [5.41, 5.74) is 4.53. The second-order valence-electron chi connectivity index (χ2n) is 6.71. The highest BCUT2D eigenvalue weighted by molar-refractivity contribution is 7.47. The molecule has 15 nitrogen and oxygen atoms in total. The third-order valence-electron chi connectivity index (χ3n) is 4.56. The van der Waals surface area contributed by atoms with E-state index in [-0.39, 0.29) is 5.82 Å². The van der Waals surface area contributed by atoms with Gasteiger partial charge in [0.2, 0.25) is 0 Å². The molecule has 9 atom stereocenters. The Morgan fingerprint density at radius 3 is 2.57 bits per heavy atom. The maximum Gasteiger partial charge on any atom is 0.474 e. The van der Waals surface area contributed by atoms with Crippen molar-refractivity contribution >= 4 is 13.6 Å². The van der Waals surface area contributed by atoms with E-state index >= 15 is 0 Å². The van der Waals surface area contributed by atoms with Gasteiger partial charge in [-0.1, -0.05) is 0 Å². The number of ether oxygens (including phenoxy) is 2. The van der Waals surface area contributed by atoms with Crippen molar-refractivity contribution < 1.29 is 53.5 Å². The summed E-state index contributed by atoms with van der Waals surface area (Å²) in [6.07, 6.45) is -11.4. The second-order valence-corrected chi connectivity index (χ2v) is 8.11. The number of rotatable bonds is 6. The van der Waals surface area contributed by atoms with E-state index in [9.17, 15) is 39.8 Å². The number of phosphoric ester groups is 1. The molecule has 0 aliphatic carbocycles. The van der Waals surface area contributed by atoms with E-state index in [1.165, 1.54) is 12.3 Å². The fraction of sp³-hybridized carbons (Fsp3) is 0.714. The molecule has 3 heterocycles. The van der Waals surface area contributed by atoms with Gasteiger partial charge in [0.05, 0.1) is 13.2 Å². The van der Waals surface area contributed by atoms with Crippen LogP contribution in [0.3, 0.4) is 0 Å². The van der Waals surface area contributed by atoms with E-state index in [0.717, 1.165) is 4.57 Å². The highest BCUT2D eigenvalue weighted by Gasteiger charge is 2.46. The van der Waals surface area contributed by atoms with Gasteiger partial charge < -0.3 is 45.6 Å². The van der Waals surface area contributed by atoms with E-state index in [2.05, 4.69) is 9.51 Å². The zero-order valence-electron chi connectivity index (χ0n) is 15.2. The minimum Gasteiger partial charge on any atom is -0.388 e.